The molecule has 4 heteroatoms. The molecule has 118 valence electrons. The van der Waals surface area contributed by atoms with Crippen molar-refractivity contribution in [3.8, 4) is 5.75 Å². The Morgan fingerprint density at radius 1 is 1.38 bits per heavy atom. The molecule has 0 bridgehead atoms. The first-order chi connectivity index (χ1) is 9.86. The number of hydrogen-bond acceptors (Lipinski definition) is 3. The third kappa shape index (κ3) is 4.97. The van der Waals surface area contributed by atoms with Crippen LogP contribution < -0.4 is 10.1 Å². The van der Waals surface area contributed by atoms with Gasteiger partial charge in [-0.25, -0.2) is 0 Å². The molecule has 2 atom stereocenters. The molecule has 1 aromatic carbocycles. The molecule has 0 amide bonds. The number of nitrogens with one attached hydrogen (secondary N) is 1. The van der Waals surface area contributed by atoms with Crippen LogP contribution in [-0.4, -0.2) is 43.2 Å². The van der Waals surface area contributed by atoms with E-state index in [4.69, 9.17) is 4.74 Å². The monoisotopic (exact) mass is 354 g/mol. The molecule has 1 N–H and O–H groups in total. The lowest BCUT2D eigenvalue weighted by Crippen LogP contribution is -2.60. The smallest absolute Gasteiger partial charge is 0.120 e. The van der Waals surface area contributed by atoms with Gasteiger partial charge in [0.05, 0.1) is 0 Å². The molecule has 1 aromatic rings. The highest BCUT2D eigenvalue weighted by Gasteiger charge is 2.32. The molecule has 0 aliphatic carbocycles. The fourth-order valence-electron chi connectivity index (χ4n) is 2.65. The average Bonchev–Trinajstić information content (AvgIpc) is 2.39. The van der Waals surface area contributed by atoms with E-state index in [0.717, 1.165) is 36.5 Å². The van der Waals surface area contributed by atoms with Crippen molar-refractivity contribution in [1.82, 2.24) is 10.2 Å². The molecule has 0 spiro atoms. The van der Waals surface area contributed by atoms with Gasteiger partial charge >= 0.3 is 0 Å². The van der Waals surface area contributed by atoms with Gasteiger partial charge in [0.2, 0.25) is 0 Å². The molecule has 0 aromatic heterocycles. The van der Waals surface area contributed by atoms with E-state index in [1.165, 1.54) is 0 Å². The van der Waals surface area contributed by atoms with E-state index in [1.807, 2.05) is 24.3 Å². The first-order valence-electron chi connectivity index (χ1n) is 7.72. The van der Waals surface area contributed by atoms with Crippen LogP contribution in [0.2, 0.25) is 0 Å². The van der Waals surface area contributed by atoms with E-state index in [9.17, 15) is 0 Å². The predicted octanol–water partition coefficient (Wildman–Crippen LogP) is 3.54. The van der Waals surface area contributed by atoms with Crippen LogP contribution in [0, 0.1) is 5.41 Å². The van der Waals surface area contributed by atoms with Crippen molar-refractivity contribution in [2.24, 2.45) is 5.41 Å². The highest BCUT2D eigenvalue weighted by Crippen LogP contribution is 2.23. The van der Waals surface area contributed by atoms with Crippen molar-refractivity contribution in [1.29, 1.82) is 0 Å². The van der Waals surface area contributed by atoms with Gasteiger partial charge in [0, 0.05) is 36.2 Å². The van der Waals surface area contributed by atoms with Crippen LogP contribution in [-0.2, 0) is 0 Å². The summed E-state index contributed by atoms with van der Waals surface area (Å²) in [4.78, 5) is 2.53. The maximum absolute atomic E-state index is 5.87. The SMILES string of the molecule is CC1CNC(C(C)(C)C)CN1CCOc1cccc(Br)c1. The molecule has 2 rings (SSSR count). The van der Waals surface area contributed by atoms with Crippen LogP contribution in [0.1, 0.15) is 27.7 Å². The van der Waals surface area contributed by atoms with Crippen molar-refractivity contribution >= 4 is 15.9 Å². The van der Waals surface area contributed by atoms with Gasteiger partial charge in [-0.05, 0) is 30.5 Å². The molecular formula is C17H27BrN2O. The van der Waals surface area contributed by atoms with Gasteiger partial charge in [-0.15, -0.1) is 0 Å². The lowest BCUT2D eigenvalue weighted by atomic mass is 9.85. The van der Waals surface area contributed by atoms with E-state index < -0.39 is 0 Å². The first-order valence-corrected chi connectivity index (χ1v) is 8.51. The Balaban J connectivity index is 1.83. The quantitative estimate of drug-likeness (QED) is 0.894. The zero-order chi connectivity index (χ0) is 15.5. The first kappa shape index (κ1) is 16.8. The van der Waals surface area contributed by atoms with Gasteiger partial charge in [0.25, 0.3) is 0 Å². The van der Waals surface area contributed by atoms with E-state index >= 15 is 0 Å². The van der Waals surface area contributed by atoms with Crippen LogP contribution in [0.4, 0.5) is 0 Å². The average molecular weight is 355 g/mol. The Hall–Kier alpha value is -0.580. The molecular weight excluding hydrogens is 328 g/mol. The number of nitrogens with zero attached hydrogens (tertiary/aromatic N) is 1. The molecule has 0 radical (unpaired) electrons. The van der Waals surface area contributed by atoms with Gasteiger partial charge in [0.1, 0.15) is 12.4 Å². The largest absolute Gasteiger partial charge is 0.492 e. The van der Waals surface area contributed by atoms with Gasteiger partial charge < -0.3 is 10.1 Å². The maximum Gasteiger partial charge on any atom is 0.120 e. The molecule has 21 heavy (non-hydrogen) atoms. The normalized spacial score (nSPS) is 24.0. The van der Waals surface area contributed by atoms with Crippen LogP contribution in [0.3, 0.4) is 0 Å². The van der Waals surface area contributed by atoms with Crippen LogP contribution >= 0.6 is 15.9 Å². The highest BCUT2D eigenvalue weighted by molar-refractivity contribution is 9.10. The number of hydrogen-bond donors (Lipinski definition) is 1. The molecule has 1 heterocycles. The molecule has 1 fully saturated rings. The summed E-state index contributed by atoms with van der Waals surface area (Å²) in [6.07, 6.45) is 0. The molecule has 1 aliphatic heterocycles. The summed E-state index contributed by atoms with van der Waals surface area (Å²) in [5.41, 5.74) is 0.295. The fourth-order valence-corrected chi connectivity index (χ4v) is 3.03. The van der Waals surface area contributed by atoms with Crippen LogP contribution in [0.15, 0.2) is 28.7 Å². The van der Waals surface area contributed by atoms with Crippen molar-refractivity contribution < 1.29 is 4.74 Å². The molecule has 3 nitrogen and oxygen atoms in total. The van der Waals surface area contributed by atoms with Gasteiger partial charge in [-0.3, -0.25) is 4.90 Å². The number of benzene rings is 1. The Labute approximate surface area is 137 Å². The summed E-state index contributed by atoms with van der Waals surface area (Å²) in [6.45, 7) is 13.0. The van der Waals surface area contributed by atoms with Crippen molar-refractivity contribution in [2.45, 2.75) is 39.8 Å². The summed E-state index contributed by atoms with van der Waals surface area (Å²) >= 11 is 3.47. The Morgan fingerprint density at radius 2 is 2.14 bits per heavy atom. The topological polar surface area (TPSA) is 24.5 Å². The second-order valence-corrected chi connectivity index (χ2v) is 7.89. The Bertz CT molecular complexity index is 458. The van der Waals surface area contributed by atoms with Gasteiger partial charge in [0.15, 0.2) is 0 Å². The Morgan fingerprint density at radius 3 is 2.81 bits per heavy atom. The van der Waals surface area contributed by atoms with Crippen LogP contribution in [0.5, 0.6) is 5.75 Å². The predicted molar refractivity (Wildman–Crippen MR) is 91.9 cm³/mol. The molecule has 0 saturated carbocycles. The molecule has 1 aliphatic rings. The number of piperazine rings is 1. The summed E-state index contributed by atoms with van der Waals surface area (Å²) in [5, 5.41) is 3.67. The van der Waals surface area contributed by atoms with Gasteiger partial charge in [-0.1, -0.05) is 42.8 Å². The number of ether oxygens (including phenoxy) is 1. The fraction of sp³-hybridized carbons (Fsp3) is 0.647. The van der Waals surface area contributed by atoms with E-state index in [-0.39, 0.29) is 0 Å². The minimum atomic E-state index is 0.295. The van der Waals surface area contributed by atoms with E-state index in [2.05, 4.69) is 53.8 Å². The third-order valence-electron chi connectivity index (χ3n) is 4.19. The summed E-state index contributed by atoms with van der Waals surface area (Å²) in [5.74, 6) is 0.930. The highest BCUT2D eigenvalue weighted by atomic mass is 79.9. The lowest BCUT2D eigenvalue weighted by Gasteiger charge is -2.43. The van der Waals surface area contributed by atoms with Crippen LogP contribution in [0.25, 0.3) is 0 Å². The van der Waals surface area contributed by atoms with E-state index in [1.54, 1.807) is 0 Å². The second kappa shape index (κ2) is 7.12. The van der Waals surface area contributed by atoms with Crippen molar-refractivity contribution in [3.63, 3.8) is 0 Å². The minimum absolute atomic E-state index is 0.295. The molecule has 1 saturated heterocycles. The standard InChI is InChI=1S/C17H27BrN2O/c1-13-11-19-16(17(2,3)4)12-20(13)8-9-21-15-7-5-6-14(18)10-15/h5-7,10,13,16,19H,8-9,11-12H2,1-4H3. The van der Waals surface area contributed by atoms with E-state index in [0.29, 0.717) is 17.5 Å². The molecule has 2 unspecified atom stereocenters. The van der Waals surface area contributed by atoms with Crippen molar-refractivity contribution in [2.75, 3.05) is 26.2 Å². The second-order valence-electron chi connectivity index (χ2n) is 6.98. The lowest BCUT2D eigenvalue weighted by molar-refractivity contribution is 0.0807. The summed E-state index contributed by atoms with van der Waals surface area (Å²) in [6, 6.07) is 9.14. The summed E-state index contributed by atoms with van der Waals surface area (Å²) < 4.78 is 6.93. The number of halogens is 1. The maximum atomic E-state index is 5.87. The summed E-state index contributed by atoms with van der Waals surface area (Å²) in [7, 11) is 0. The van der Waals surface area contributed by atoms with Gasteiger partial charge in [-0.2, -0.15) is 0 Å². The zero-order valence-electron chi connectivity index (χ0n) is 13.5. The number of rotatable bonds is 4. The van der Waals surface area contributed by atoms with Crippen molar-refractivity contribution in [3.05, 3.63) is 28.7 Å². The zero-order valence-corrected chi connectivity index (χ0v) is 15.1. The third-order valence-corrected chi connectivity index (χ3v) is 4.68. The Kier molecular flexibility index (Phi) is 5.69. The minimum Gasteiger partial charge on any atom is -0.492 e.